The van der Waals surface area contributed by atoms with Gasteiger partial charge in [-0.15, -0.1) is 0 Å². The average Bonchev–Trinajstić information content (AvgIpc) is 2.41. The summed E-state index contributed by atoms with van der Waals surface area (Å²) in [6, 6.07) is 7.56. The molecule has 0 saturated carbocycles. The van der Waals surface area contributed by atoms with E-state index in [4.69, 9.17) is 28.9 Å². The second kappa shape index (κ2) is 6.71. The van der Waals surface area contributed by atoms with Gasteiger partial charge in [0.2, 0.25) is 0 Å². The number of nitrogens with two attached hydrogens (primary N) is 1. The minimum absolute atomic E-state index is 0.0697. The van der Waals surface area contributed by atoms with E-state index < -0.39 is 23.7 Å². The Morgan fingerprint density at radius 2 is 1.43 bits per heavy atom. The highest BCUT2D eigenvalue weighted by molar-refractivity contribution is 6.31. The molecule has 2 rings (SSSR count). The molecule has 0 bridgehead atoms. The van der Waals surface area contributed by atoms with Gasteiger partial charge in [-0.1, -0.05) is 35.3 Å². The molecule has 2 nitrogen and oxygen atoms in total. The average molecular weight is 332 g/mol. The molecule has 0 spiro atoms. The SMILES string of the molecule is NCC(c1ccc(F)cc1Cl)C(O)c1ccc(F)cc1Cl. The van der Waals surface area contributed by atoms with Crippen LogP contribution in [0, 0.1) is 11.6 Å². The van der Waals surface area contributed by atoms with Gasteiger partial charge in [0.25, 0.3) is 0 Å². The van der Waals surface area contributed by atoms with Crippen molar-refractivity contribution in [2.24, 2.45) is 5.73 Å². The Balaban J connectivity index is 2.40. The first-order chi connectivity index (χ1) is 9.93. The van der Waals surface area contributed by atoms with Gasteiger partial charge in [-0.25, -0.2) is 8.78 Å². The van der Waals surface area contributed by atoms with Gasteiger partial charge in [0.15, 0.2) is 0 Å². The highest BCUT2D eigenvalue weighted by Gasteiger charge is 2.25. The Morgan fingerprint density at radius 3 is 1.86 bits per heavy atom. The molecule has 2 atom stereocenters. The zero-order valence-corrected chi connectivity index (χ0v) is 12.4. The van der Waals surface area contributed by atoms with Crippen molar-refractivity contribution < 1.29 is 13.9 Å². The molecule has 0 radical (unpaired) electrons. The lowest BCUT2D eigenvalue weighted by Gasteiger charge is -2.24. The first-order valence-electron chi connectivity index (χ1n) is 6.22. The summed E-state index contributed by atoms with van der Waals surface area (Å²) in [5.74, 6) is -1.56. The number of hydrogen-bond donors (Lipinski definition) is 2. The number of aliphatic hydroxyl groups excluding tert-OH is 1. The Labute approximate surface area is 131 Å². The zero-order chi connectivity index (χ0) is 15.6. The minimum atomic E-state index is -1.08. The van der Waals surface area contributed by atoms with Gasteiger partial charge < -0.3 is 10.8 Å². The molecule has 0 amide bonds. The van der Waals surface area contributed by atoms with Gasteiger partial charge in [0.05, 0.1) is 6.10 Å². The standard InChI is InChI=1S/C15H13Cl2F2NO/c16-13-5-8(18)1-3-10(13)12(7-20)15(21)11-4-2-9(19)6-14(11)17/h1-6,12,15,21H,7,20H2. The van der Waals surface area contributed by atoms with Gasteiger partial charge >= 0.3 is 0 Å². The molecular formula is C15H13Cl2F2NO. The molecule has 2 unspecified atom stereocenters. The molecule has 2 aromatic rings. The summed E-state index contributed by atoms with van der Waals surface area (Å²) in [5.41, 5.74) is 6.55. The fraction of sp³-hybridized carbons (Fsp3) is 0.200. The number of rotatable bonds is 4. The first-order valence-corrected chi connectivity index (χ1v) is 6.97. The Bertz CT molecular complexity index is 652. The lowest BCUT2D eigenvalue weighted by atomic mass is 9.89. The summed E-state index contributed by atoms with van der Waals surface area (Å²) in [6.07, 6.45) is -1.08. The van der Waals surface area contributed by atoms with E-state index in [0.717, 1.165) is 12.1 Å². The number of benzene rings is 2. The van der Waals surface area contributed by atoms with Gasteiger partial charge in [-0.05, 0) is 35.4 Å². The first kappa shape index (κ1) is 16.2. The van der Waals surface area contributed by atoms with Crippen LogP contribution in [0.3, 0.4) is 0 Å². The third-order valence-corrected chi connectivity index (χ3v) is 3.93. The molecule has 2 aromatic carbocycles. The molecule has 0 fully saturated rings. The van der Waals surface area contributed by atoms with E-state index in [2.05, 4.69) is 0 Å². The van der Waals surface area contributed by atoms with Crippen LogP contribution in [-0.4, -0.2) is 11.7 Å². The van der Waals surface area contributed by atoms with Gasteiger partial charge in [-0.3, -0.25) is 0 Å². The maximum atomic E-state index is 13.1. The van der Waals surface area contributed by atoms with Crippen LogP contribution < -0.4 is 5.73 Å². The largest absolute Gasteiger partial charge is 0.388 e. The predicted octanol–water partition coefficient (Wildman–Crippen LogP) is 4.05. The maximum absolute atomic E-state index is 13.1. The normalized spacial score (nSPS) is 14.0. The van der Waals surface area contributed by atoms with Crippen molar-refractivity contribution in [2.45, 2.75) is 12.0 Å². The molecule has 3 N–H and O–H groups in total. The van der Waals surface area contributed by atoms with Crippen LogP contribution in [0.1, 0.15) is 23.1 Å². The van der Waals surface area contributed by atoms with E-state index in [9.17, 15) is 13.9 Å². The van der Waals surface area contributed by atoms with Crippen molar-refractivity contribution in [1.82, 2.24) is 0 Å². The molecule has 0 saturated heterocycles. The quantitative estimate of drug-likeness (QED) is 0.887. The summed E-state index contributed by atoms with van der Waals surface area (Å²) in [5, 5.41) is 10.7. The van der Waals surface area contributed by atoms with Crippen LogP contribution in [0.5, 0.6) is 0 Å². The van der Waals surface area contributed by atoms with E-state index in [-0.39, 0.29) is 16.6 Å². The molecule has 0 aromatic heterocycles. The zero-order valence-electron chi connectivity index (χ0n) is 10.9. The van der Waals surface area contributed by atoms with Crippen LogP contribution in [0.25, 0.3) is 0 Å². The fourth-order valence-electron chi connectivity index (χ4n) is 2.19. The van der Waals surface area contributed by atoms with Crippen LogP contribution >= 0.6 is 23.2 Å². The van der Waals surface area contributed by atoms with Crippen molar-refractivity contribution in [3.63, 3.8) is 0 Å². The lowest BCUT2D eigenvalue weighted by Crippen LogP contribution is -2.21. The molecule has 0 heterocycles. The van der Waals surface area contributed by atoms with E-state index in [1.54, 1.807) is 0 Å². The second-order valence-electron chi connectivity index (χ2n) is 4.62. The molecular weight excluding hydrogens is 319 g/mol. The lowest BCUT2D eigenvalue weighted by molar-refractivity contribution is 0.147. The van der Waals surface area contributed by atoms with Gasteiger partial charge in [0.1, 0.15) is 11.6 Å². The van der Waals surface area contributed by atoms with Crippen molar-refractivity contribution in [1.29, 1.82) is 0 Å². The van der Waals surface area contributed by atoms with Gasteiger partial charge in [-0.2, -0.15) is 0 Å². The minimum Gasteiger partial charge on any atom is -0.388 e. The molecule has 21 heavy (non-hydrogen) atoms. The summed E-state index contributed by atoms with van der Waals surface area (Å²) < 4.78 is 26.2. The summed E-state index contributed by atoms with van der Waals surface area (Å²) in [7, 11) is 0. The Hall–Kier alpha value is -1.20. The van der Waals surface area contributed by atoms with E-state index in [0.29, 0.717) is 11.1 Å². The Kier molecular flexibility index (Phi) is 5.17. The van der Waals surface area contributed by atoms with E-state index >= 15 is 0 Å². The van der Waals surface area contributed by atoms with Crippen LogP contribution in [-0.2, 0) is 0 Å². The monoisotopic (exact) mass is 331 g/mol. The highest BCUT2D eigenvalue weighted by Crippen LogP contribution is 2.37. The number of aliphatic hydroxyl groups is 1. The van der Waals surface area contributed by atoms with Crippen LogP contribution in [0.2, 0.25) is 10.0 Å². The molecule has 6 heteroatoms. The van der Waals surface area contributed by atoms with Crippen LogP contribution in [0.4, 0.5) is 8.78 Å². The third kappa shape index (κ3) is 3.52. The van der Waals surface area contributed by atoms with Crippen molar-refractivity contribution in [3.8, 4) is 0 Å². The summed E-state index contributed by atoms with van der Waals surface area (Å²) in [4.78, 5) is 0. The number of hydrogen-bond acceptors (Lipinski definition) is 2. The third-order valence-electron chi connectivity index (χ3n) is 3.28. The van der Waals surface area contributed by atoms with E-state index in [1.165, 1.54) is 24.3 Å². The topological polar surface area (TPSA) is 46.2 Å². The molecule has 112 valence electrons. The summed E-state index contributed by atoms with van der Waals surface area (Å²) >= 11 is 11.9. The van der Waals surface area contributed by atoms with Crippen molar-refractivity contribution in [3.05, 3.63) is 69.2 Å². The molecule has 0 aliphatic heterocycles. The fourth-order valence-corrected chi connectivity index (χ4v) is 2.77. The highest BCUT2D eigenvalue weighted by atomic mass is 35.5. The predicted molar refractivity (Wildman–Crippen MR) is 79.6 cm³/mol. The molecule has 0 aliphatic rings. The van der Waals surface area contributed by atoms with Crippen LogP contribution in [0.15, 0.2) is 36.4 Å². The summed E-state index contributed by atoms with van der Waals surface area (Å²) in [6.45, 7) is 0.0697. The smallest absolute Gasteiger partial charge is 0.124 e. The van der Waals surface area contributed by atoms with Crippen molar-refractivity contribution >= 4 is 23.2 Å². The van der Waals surface area contributed by atoms with Gasteiger partial charge in [0, 0.05) is 22.5 Å². The molecule has 0 aliphatic carbocycles. The van der Waals surface area contributed by atoms with Crippen molar-refractivity contribution in [2.75, 3.05) is 6.54 Å². The van der Waals surface area contributed by atoms with E-state index in [1.807, 2.05) is 0 Å². The number of halogens is 4. The second-order valence-corrected chi connectivity index (χ2v) is 5.43. The Morgan fingerprint density at radius 1 is 0.952 bits per heavy atom. The maximum Gasteiger partial charge on any atom is 0.124 e.